The lowest BCUT2D eigenvalue weighted by Gasteiger charge is -2.07. The van der Waals surface area contributed by atoms with Gasteiger partial charge in [0.05, 0.1) is 7.11 Å². The Balaban J connectivity index is 2.22. The Morgan fingerprint density at radius 3 is 2.71 bits per heavy atom. The summed E-state index contributed by atoms with van der Waals surface area (Å²) in [4.78, 5) is 10.9. The van der Waals surface area contributed by atoms with Crippen LogP contribution in [0.25, 0.3) is 0 Å². The van der Waals surface area contributed by atoms with Gasteiger partial charge in [-0.15, -0.1) is 0 Å². The first-order chi connectivity index (χ1) is 8.13. The highest BCUT2D eigenvalue weighted by Gasteiger charge is 1.99. The third-order valence-electron chi connectivity index (χ3n) is 2.86. The Bertz CT molecular complexity index is 374. The van der Waals surface area contributed by atoms with E-state index in [1.54, 1.807) is 0 Å². The second kappa shape index (κ2) is 7.07. The first-order valence-electron chi connectivity index (χ1n) is 5.97. The maximum atomic E-state index is 10.9. The molecule has 0 aromatic heterocycles. The molecule has 0 bridgehead atoms. The summed E-state index contributed by atoms with van der Waals surface area (Å²) in [6, 6.07) is 6.47. The predicted molar refractivity (Wildman–Crippen MR) is 68.9 cm³/mol. The molecule has 94 valence electrons. The minimum atomic E-state index is -0.141. The predicted octanol–water partition coefficient (Wildman–Crippen LogP) is 2.35. The van der Waals surface area contributed by atoms with Gasteiger partial charge in [0.1, 0.15) is 0 Å². The molecule has 0 saturated carbocycles. The van der Waals surface area contributed by atoms with E-state index in [2.05, 4.69) is 42.1 Å². The van der Waals surface area contributed by atoms with Gasteiger partial charge in [-0.2, -0.15) is 0 Å². The van der Waals surface area contributed by atoms with Gasteiger partial charge in [-0.3, -0.25) is 4.79 Å². The largest absolute Gasteiger partial charge is 0.469 e. The molecule has 17 heavy (non-hydrogen) atoms. The van der Waals surface area contributed by atoms with Crippen LogP contribution < -0.4 is 5.32 Å². The van der Waals surface area contributed by atoms with Crippen molar-refractivity contribution in [3.8, 4) is 0 Å². The van der Waals surface area contributed by atoms with Crippen molar-refractivity contribution >= 4 is 5.97 Å². The fourth-order valence-electron chi connectivity index (χ4n) is 1.61. The first kappa shape index (κ1) is 13.7. The van der Waals surface area contributed by atoms with E-state index in [0.717, 1.165) is 19.5 Å². The maximum Gasteiger partial charge on any atom is 0.305 e. The molecule has 0 amide bonds. The average Bonchev–Trinajstić information content (AvgIpc) is 2.33. The molecular formula is C14H21NO2. The number of hydrogen-bond donors (Lipinski definition) is 1. The van der Waals surface area contributed by atoms with Crippen molar-refractivity contribution in [2.24, 2.45) is 0 Å². The summed E-state index contributed by atoms with van der Waals surface area (Å²) in [6.45, 7) is 5.92. The second-order valence-corrected chi connectivity index (χ2v) is 4.28. The molecule has 0 saturated heterocycles. The average molecular weight is 235 g/mol. The molecule has 0 atom stereocenters. The van der Waals surface area contributed by atoms with Crippen molar-refractivity contribution in [1.29, 1.82) is 0 Å². The van der Waals surface area contributed by atoms with Crippen molar-refractivity contribution < 1.29 is 9.53 Å². The Morgan fingerprint density at radius 1 is 1.29 bits per heavy atom. The number of carbonyl (C=O) groups excluding carboxylic acids is 1. The van der Waals surface area contributed by atoms with Crippen molar-refractivity contribution in [1.82, 2.24) is 5.32 Å². The summed E-state index contributed by atoms with van der Waals surface area (Å²) in [7, 11) is 1.42. The quantitative estimate of drug-likeness (QED) is 0.607. The molecule has 1 N–H and O–H groups in total. The van der Waals surface area contributed by atoms with Crippen molar-refractivity contribution in [3.63, 3.8) is 0 Å². The number of nitrogens with one attached hydrogen (secondary N) is 1. The molecule has 0 spiro atoms. The topological polar surface area (TPSA) is 38.3 Å². The smallest absolute Gasteiger partial charge is 0.305 e. The Morgan fingerprint density at radius 2 is 2.06 bits per heavy atom. The number of aryl methyl sites for hydroxylation is 2. The third-order valence-corrected chi connectivity index (χ3v) is 2.86. The molecule has 0 fully saturated rings. The van der Waals surface area contributed by atoms with Crippen LogP contribution in [0, 0.1) is 13.8 Å². The lowest BCUT2D eigenvalue weighted by atomic mass is 10.1. The number of hydrogen-bond acceptors (Lipinski definition) is 3. The van der Waals surface area contributed by atoms with Crippen LogP contribution >= 0.6 is 0 Å². The van der Waals surface area contributed by atoms with Gasteiger partial charge in [0.2, 0.25) is 0 Å². The van der Waals surface area contributed by atoms with E-state index in [4.69, 9.17) is 0 Å². The highest BCUT2D eigenvalue weighted by molar-refractivity contribution is 5.69. The van der Waals surface area contributed by atoms with Crippen molar-refractivity contribution in [2.45, 2.75) is 33.2 Å². The molecule has 0 aliphatic carbocycles. The van der Waals surface area contributed by atoms with Crippen molar-refractivity contribution in [2.75, 3.05) is 13.7 Å². The number of esters is 1. The fraction of sp³-hybridized carbons (Fsp3) is 0.500. The Hall–Kier alpha value is -1.35. The van der Waals surface area contributed by atoms with Gasteiger partial charge in [-0.05, 0) is 43.5 Å². The number of rotatable bonds is 6. The van der Waals surface area contributed by atoms with E-state index >= 15 is 0 Å². The molecule has 0 aliphatic rings. The van der Waals surface area contributed by atoms with Crippen LogP contribution in [0.5, 0.6) is 0 Å². The van der Waals surface area contributed by atoms with Crippen molar-refractivity contribution in [3.05, 3.63) is 34.9 Å². The Labute approximate surface area is 103 Å². The van der Waals surface area contributed by atoms with Crippen LogP contribution in [0.15, 0.2) is 18.2 Å². The summed E-state index contributed by atoms with van der Waals surface area (Å²) in [6.07, 6.45) is 1.30. The number of benzene rings is 1. The van der Waals surface area contributed by atoms with E-state index < -0.39 is 0 Å². The zero-order valence-electron chi connectivity index (χ0n) is 10.9. The second-order valence-electron chi connectivity index (χ2n) is 4.28. The van der Waals surface area contributed by atoms with Crippen LogP contribution in [0.3, 0.4) is 0 Å². The van der Waals surface area contributed by atoms with E-state index in [1.165, 1.54) is 23.8 Å². The lowest BCUT2D eigenvalue weighted by Crippen LogP contribution is -2.16. The number of carbonyl (C=O) groups is 1. The van der Waals surface area contributed by atoms with Crippen LogP contribution in [-0.2, 0) is 16.1 Å². The summed E-state index contributed by atoms with van der Waals surface area (Å²) in [5.41, 5.74) is 3.92. The van der Waals surface area contributed by atoms with Gasteiger partial charge in [0.25, 0.3) is 0 Å². The zero-order chi connectivity index (χ0) is 12.7. The molecule has 3 heteroatoms. The van der Waals surface area contributed by atoms with Gasteiger partial charge in [0.15, 0.2) is 0 Å². The highest BCUT2D eigenvalue weighted by atomic mass is 16.5. The molecular weight excluding hydrogens is 214 g/mol. The molecule has 1 aromatic rings. The standard InChI is InChI=1S/C14H21NO2/c1-11-6-7-13(9-12(11)2)10-15-8-4-5-14(16)17-3/h6-7,9,15H,4-5,8,10H2,1-3H3. The SMILES string of the molecule is COC(=O)CCCNCc1ccc(C)c(C)c1. The molecule has 3 nitrogen and oxygen atoms in total. The minimum absolute atomic E-state index is 0.141. The monoisotopic (exact) mass is 235 g/mol. The van der Waals surface area contributed by atoms with E-state index in [1.807, 2.05) is 0 Å². The molecule has 0 aliphatic heterocycles. The summed E-state index contributed by atoms with van der Waals surface area (Å²) < 4.78 is 4.58. The number of ether oxygens (including phenoxy) is 1. The lowest BCUT2D eigenvalue weighted by molar-refractivity contribution is -0.140. The maximum absolute atomic E-state index is 10.9. The van der Waals surface area contributed by atoms with Gasteiger partial charge in [-0.25, -0.2) is 0 Å². The minimum Gasteiger partial charge on any atom is -0.469 e. The van der Waals surface area contributed by atoms with E-state index in [0.29, 0.717) is 6.42 Å². The van der Waals surface area contributed by atoms with E-state index in [-0.39, 0.29) is 5.97 Å². The molecule has 0 unspecified atom stereocenters. The molecule has 0 heterocycles. The molecule has 1 aromatic carbocycles. The van der Waals surface area contributed by atoms with Gasteiger partial charge in [-0.1, -0.05) is 18.2 Å². The normalized spacial score (nSPS) is 10.3. The summed E-state index contributed by atoms with van der Waals surface area (Å²) in [5.74, 6) is -0.141. The van der Waals surface area contributed by atoms with E-state index in [9.17, 15) is 4.79 Å². The van der Waals surface area contributed by atoms with Gasteiger partial charge in [0, 0.05) is 13.0 Å². The van der Waals surface area contributed by atoms with Crippen LogP contribution in [0.4, 0.5) is 0 Å². The number of methoxy groups -OCH3 is 1. The molecule has 1 rings (SSSR count). The first-order valence-corrected chi connectivity index (χ1v) is 5.97. The summed E-state index contributed by atoms with van der Waals surface area (Å²) in [5, 5.41) is 3.32. The third kappa shape index (κ3) is 5.00. The van der Waals surface area contributed by atoms with Gasteiger partial charge >= 0.3 is 5.97 Å². The Kier molecular flexibility index (Phi) is 5.70. The van der Waals surface area contributed by atoms with Crippen LogP contribution in [0.2, 0.25) is 0 Å². The summed E-state index contributed by atoms with van der Waals surface area (Å²) >= 11 is 0. The molecule has 0 radical (unpaired) electrons. The van der Waals surface area contributed by atoms with Gasteiger partial charge < -0.3 is 10.1 Å². The highest BCUT2D eigenvalue weighted by Crippen LogP contribution is 2.09. The fourth-order valence-corrected chi connectivity index (χ4v) is 1.61. The van der Waals surface area contributed by atoms with Crippen LogP contribution in [0.1, 0.15) is 29.5 Å². The van der Waals surface area contributed by atoms with Crippen LogP contribution in [-0.4, -0.2) is 19.6 Å². The zero-order valence-corrected chi connectivity index (χ0v) is 10.9.